The van der Waals surface area contributed by atoms with Crippen molar-refractivity contribution in [1.82, 2.24) is 9.97 Å². The average molecular weight is 152 g/mol. The van der Waals surface area contributed by atoms with Gasteiger partial charge in [-0.3, -0.25) is 9.78 Å². The van der Waals surface area contributed by atoms with Gasteiger partial charge in [-0.15, -0.1) is 0 Å². The predicted molar refractivity (Wildman–Crippen MR) is 41.6 cm³/mol. The van der Waals surface area contributed by atoms with E-state index in [0.29, 0.717) is 16.0 Å². The van der Waals surface area contributed by atoms with Gasteiger partial charge >= 0.3 is 0 Å². The molecule has 0 aliphatic rings. The summed E-state index contributed by atoms with van der Waals surface area (Å²) in [6.07, 6.45) is 3.19. The second-order valence-corrected chi connectivity index (χ2v) is 2.32. The minimum absolute atomic E-state index is 0.0419. The Kier molecular flexibility index (Phi) is 2.17. The summed E-state index contributed by atoms with van der Waals surface area (Å²) in [6, 6.07) is 3.48. The zero-order valence-electron chi connectivity index (χ0n) is 5.66. The maximum Gasteiger partial charge on any atom is 0.244 e. The molecule has 1 aromatic rings. The lowest BCUT2D eigenvalue weighted by Gasteiger charge is -1.95. The van der Waals surface area contributed by atoms with Crippen LogP contribution in [0.5, 0.6) is 0 Å². The van der Waals surface area contributed by atoms with Gasteiger partial charge in [0.2, 0.25) is 5.91 Å². The van der Waals surface area contributed by atoms with Crippen LogP contribution in [0.15, 0.2) is 24.5 Å². The second kappa shape index (κ2) is 3.12. The molecular formula is C6H8N2OSi. The second-order valence-electron chi connectivity index (χ2n) is 1.82. The molecule has 3 nitrogen and oxygen atoms in total. The summed E-state index contributed by atoms with van der Waals surface area (Å²) < 4.78 is 0. The fourth-order valence-electron chi connectivity index (χ4n) is 0.641. The van der Waals surface area contributed by atoms with Gasteiger partial charge in [0.25, 0.3) is 0 Å². The summed E-state index contributed by atoms with van der Waals surface area (Å²) in [5.74, 6) is -0.0419. The number of carbonyl (C=O) groups excluding carboxylic acids is 1. The van der Waals surface area contributed by atoms with Crippen LogP contribution in [0.3, 0.4) is 0 Å². The fourth-order valence-corrected chi connectivity index (χ4v) is 0.930. The van der Waals surface area contributed by atoms with Gasteiger partial charge in [-0.25, -0.2) is 0 Å². The molecule has 1 rings (SSSR count). The zero-order chi connectivity index (χ0) is 7.40. The molecule has 0 unspecified atom stereocenters. The molecule has 0 atom stereocenters. The first kappa shape index (κ1) is 6.95. The number of carbonyl (C=O) groups is 1. The van der Waals surface area contributed by atoms with E-state index in [9.17, 15) is 4.79 Å². The zero-order valence-corrected chi connectivity index (χ0v) is 7.66. The van der Waals surface area contributed by atoms with Crippen molar-refractivity contribution in [3.63, 3.8) is 0 Å². The summed E-state index contributed by atoms with van der Waals surface area (Å²) in [5.41, 5.74) is 0.623. The molecule has 0 aliphatic heterocycles. The molecule has 0 radical (unpaired) electrons. The van der Waals surface area contributed by atoms with Crippen LogP contribution in [0, 0.1) is 0 Å². The van der Waals surface area contributed by atoms with Crippen molar-refractivity contribution < 1.29 is 4.79 Å². The van der Waals surface area contributed by atoms with Crippen molar-refractivity contribution in [3.8, 4) is 0 Å². The maximum atomic E-state index is 10.9. The van der Waals surface area contributed by atoms with Crippen LogP contribution >= 0.6 is 0 Å². The number of rotatable bonds is 1. The lowest BCUT2D eigenvalue weighted by Crippen LogP contribution is -2.19. The third-order valence-corrected chi connectivity index (χ3v) is 1.60. The molecule has 0 bridgehead atoms. The van der Waals surface area contributed by atoms with Crippen molar-refractivity contribution in [2.75, 3.05) is 0 Å². The molecule has 52 valence electrons. The van der Waals surface area contributed by atoms with Crippen molar-refractivity contribution >= 4 is 16.3 Å². The normalized spacial score (nSPS) is 9.20. The third-order valence-electron chi connectivity index (χ3n) is 1.15. The van der Waals surface area contributed by atoms with E-state index in [1.54, 1.807) is 24.5 Å². The molecule has 1 aromatic heterocycles. The van der Waals surface area contributed by atoms with E-state index in [1.165, 1.54) is 0 Å². The lowest BCUT2D eigenvalue weighted by molar-refractivity contribution is 0.0981. The maximum absolute atomic E-state index is 10.9. The van der Waals surface area contributed by atoms with E-state index < -0.39 is 0 Å². The minimum atomic E-state index is -0.0419. The Morgan fingerprint density at radius 3 is 3.00 bits per heavy atom. The molecular weight excluding hydrogens is 144 g/mol. The summed E-state index contributed by atoms with van der Waals surface area (Å²) in [5, 5.41) is 0. The van der Waals surface area contributed by atoms with Gasteiger partial charge in [-0.2, -0.15) is 0 Å². The van der Waals surface area contributed by atoms with E-state index in [1.807, 2.05) is 0 Å². The van der Waals surface area contributed by atoms with Gasteiger partial charge in [-0.05, 0) is 12.1 Å². The highest BCUT2D eigenvalue weighted by Gasteiger charge is 1.98. The number of pyridine rings is 1. The van der Waals surface area contributed by atoms with Crippen molar-refractivity contribution in [3.05, 3.63) is 30.1 Å². The highest BCUT2D eigenvalue weighted by atomic mass is 28.2. The monoisotopic (exact) mass is 152 g/mol. The first-order valence-corrected chi connectivity index (χ1v) is 3.96. The third kappa shape index (κ3) is 1.41. The molecule has 4 heteroatoms. The van der Waals surface area contributed by atoms with Crippen LogP contribution < -0.4 is 4.98 Å². The number of nitrogens with one attached hydrogen (secondary N) is 1. The molecule has 0 saturated carbocycles. The van der Waals surface area contributed by atoms with Gasteiger partial charge < -0.3 is 4.98 Å². The number of hydrogen-bond donors (Lipinski definition) is 1. The quantitative estimate of drug-likeness (QED) is 0.529. The van der Waals surface area contributed by atoms with Crippen LogP contribution in [0.2, 0.25) is 0 Å². The molecule has 0 fully saturated rings. The number of nitrogens with zero attached hydrogens (tertiary/aromatic N) is 1. The minimum Gasteiger partial charge on any atom is -0.387 e. The molecule has 0 aromatic carbocycles. The van der Waals surface area contributed by atoms with Crippen LogP contribution in [0.4, 0.5) is 0 Å². The van der Waals surface area contributed by atoms with Crippen LogP contribution in [0.1, 0.15) is 10.4 Å². The Balaban J connectivity index is 2.85. The van der Waals surface area contributed by atoms with Gasteiger partial charge in [0, 0.05) is 12.4 Å². The van der Waals surface area contributed by atoms with E-state index >= 15 is 0 Å². The van der Waals surface area contributed by atoms with E-state index in [4.69, 9.17) is 0 Å². The first-order valence-electron chi connectivity index (χ1n) is 2.96. The van der Waals surface area contributed by atoms with E-state index in [2.05, 4.69) is 9.97 Å². The van der Waals surface area contributed by atoms with Crippen molar-refractivity contribution in [1.29, 1.82) is 0 Å². The highest BCUT2D eigenvalue weighted by molar-refractivity contribution is 6.18. The van der Waals surface area contributed by atoms with Crippen molar-refractivity contribution in [2.24, 2.45) is 0 Å². The average Bonchev–Trinajstić information content (AvgIpc) is 2.05. The summed E-state index contributed by atoms with van der Waals surface area (Å²) >= 11 is 0. The smallest absolute Gasteiger partial charge is 0.244 e. The van der Waals surface area contributed by atoms with E-state index in [0.717, 1.165) is 0 Å². The van der Waals surface area contributed by atoms with Gasteiger partial charge in [0.15, 0.2) is 0 Å². The molecule has 0 saturated heterocycles. The first-order chi connectivity index (χ1) is 4.84. The Bertz CT molecular complexity index is 224. The highest BCUT2D eigenvalue weighted by Crippen LogP contribution is 1.92. The Labute approximate surface area is 62.0 Å². The number of hydrogen-bond acceptors (Lipinski definition) is 2. The molecule has 1 amide bonds. The van der Waals surface area contributed by atoms with Crippen molar-refractivity contribution in [2.45, 2.75) is 0 Å². The van der Waals surface area contributed by atoms with Gasteiger partial charge in [0.05, 0.1) is 5.56 Å². The van der Waals surface area contributed by atoms with Crippen LogP contribution in [0.25, 0.3) is 0 Å². The molecule has 1 heterocycles. The molecule has 0 aliphatic carbocycles. The summed E-state index contributed by atoms with van der Waals surface area (Å²) in [7, 11) is 0.680. The van der Waals surface area contributed by atoms with Crippen LogP contribution in [-0.2, 0) is 0 Å². The summed E-state index contributed by atoms with van der Waals surface area (Å²) in [6.45, 7) is 0. The van der Waals surface area contributed by atoms with Gasteiger partial charge in [0.1, 0.15) is 10.4 Å². The standard InChI is InChI=1S/C6H8N2OSi/c9-6(8-10)5-2-1-3-7-4-5/h1-4H,10H3,(H,8,9). The largest absolute Gasteiger partial charge is 0.387 e. The van der Waals surface area contributed by atoms with Gasteiger partial charge in [-0.1, -0.05) is 0 Å². The number of amides is 1. The molecule has 1 N–H and O–H groups in total. The topological polar surface area (TPSA) is 42.0 Å². The number of aromatic nitrogens is 1. The molecule has 10 heavy (non-hydrogen) atoms. The molecule has 0 spiro atoms. The Morgan fingerprint density at radius 2 is 2.50 bits per heavy atom. The Hall–Kier alpha value is -1.16. The fraction of sp³-hybridized carbons (Fsp3) is 0. The predicted octanol–water partition coefficient (Wildman–Crippen LogP) is -0.908. The lowest BCUT2D eigenvalue weighted by atomic mass is 10.3. The summed E-state index contributed by atoms with van der Waals surface area (Å²) in [4.78, 5) is 17.3. The van der Waals surface area contributed by atoms with Crippen LogP contribution in [-0.4, -0.2) is 21.3 Å². The van der Waals surface area contributed by atoms with E-state index in [-0.39, 0.29) is 5.91 Å². The Morgan fingerprint density at radius 1 is 1.70 bits per heavy atom. The SMILES string of the molecule is O=C(N[SiH3])c1cccnc1.